The second-order valence-corrected chi connectivity index (χ2v) is 3.47. The van der Waals surface area contributed by atoms with Crippen LogP contribution in [-0.4, -0.2) is 36.8 Å². The van der Waals surface area contributed by atoms with Crippen LogP contribution >= 0.6 is 11.8 Å². The van der Waals surface area contributed by atoms with Gasteiger partial charge in [-0.1, -0.05) is 6.92 Å². The number of rotatable bonds is 6. The average molecular weight is 163 g/mol. The van der Waals surface area contributed by atoms with Crippen molar-refractivity contribution in [3.05, 3.63) is 0 Å². The smallest absolute Gasteiger partial charge is 0.0468 e. The molecular formula is C7H17NOS. The first-order valence-electron chi connectivity index (χ1n) is 3.61. The van der Waals surface area contributed by atoms with Gasteiger partial charge < -0.3 is 10.4 Å². The Morgan fingerprint density at radius 3 is 2.80 bits per heavy atom. The Morgan fingerprint density at radius 1 is 1.60 bits per heavy atom. The normalized spacial score (nSPS) is 13.5. The van der Waals surface area contributed by atoms with Gasteiger partial charge in [0.15, 0.2) is 0 Å². The molecule has 10 heavy (non-hydrogen) atoms. The fourth-order valence-corrected chi connectivity index (χ4v) is 0.936. The number of aliphatic hydroxyl groups excluding tert-OH is 1. The first-order valence-corrected chi connectivity index (χ1v) is 5.01. The first-order chi connectivity index (χ1) is 4.81. The summed E-state index contributed by atoms with van der Waals surface area (Å²) in [5.74, 6) is 1.54. The summed E-state index contributed by atoms with van der Waals surface area (Å²) in [6.07, 6.45) is 2.09. The highest BCUT2D eigenvalue weighted by Crippen LogP contribution is 1.90. The summed E-state index contributed by atoms with van der Waals surface area (Å²) in [7, 11) is 0. The van der Waals surface area contributed by atoms with E-state index in [1.165, 1.54) is 0 Å². The Kier molecular flexibility index (Phi) is 7.58. The fourth-order valence-electron chi connectivity index (χ4n) is 0.587. The van der Waals surface area contributed by atoms with Gasteiger partial charge in [0.2, 0.25) is 0 Å². The highest BCUT2D eigenvalue weighted by atomic mass is 32.2. The SMILES string of the molecule is CSCCNCC(C)CO. The molecule has 0 spiro atoms. The van der Waals surface area contributed by atoms with E-state index in [0.717, 1.165) is 18.8 Å². The Balaban J connectivity index is 2.89. The van der Waals surface area contributed by atoms with E-state index in [9.17, 15) is 0 Å². The standard InChI is InChI=1S/C7H17NOS/c1-7(6-9)5-8-3-4-10-2/h7-9H,3-6H2,1-2H3. The minimum absolute atomic E-state index is 0.284. The molecular weight excluding hydrogens is 146 g/mol. The van der Waals surface area contributed by atoms with Crippen LogP contribution in [0.4, 0.5) is 0 Å². The third kappa shape index (κ3) is 6.39. The maximum Gasteiger partial charge on any atom is 0.0468 e. The molecule has 0 aliphatic rings. The van der Waals surface area contributed by atoms with Crippen molar-refractivity contribution < 1.29 is 5.11 Å². The van der Waals surface area contributed by atoms with Crippen LogP contribution in [0.3, 0.4) is 0 Å². The van der Waals surface area contributed by atoms with Crippen LogP contribution in [0.1, 0.15) is 6.92 Å². The molecule has 0 aromatic carbocycles. The van der Waals surface area contributed by atoms with Crippen LogP contribution in [-0.2, 0) is 0 Å². The third-order valence-corrected chi connectivity index (χ3v) is 1.90. The minimum Gasteiger partial charge on any atom is -0.396 e. The van der Waals surface area contributed by atoms with Crippen molar-refractivity contribution in [2.75, 3.05) is 31.7 Å². The molecule has 2 N–H and O–H groups in total. The van der Waals surface area contributed by atoms with E-state index < -0.39 is 0 Å². The molecule has 2 nitrogen and oxygen atoms in total. The molecule has 0 bridgehead atoms. The van der Waals surface area contributed by atoms with Crippen LogP contribution in [0.2, 0.25) is 0 Å². The van der Waals surface area contributed by atoms with Gasteiger partial charge >= 0.3 is 0 Å². The predicted octanol–water partition coefficient (Wildman–Crippen LogP) is 0.567. The molecule has 0 aliphatic carbocycles. The topological polar surface area (TPSA) is 32.3 Å². The summed E-state index contributed by atoms with van der Waals surface area (Å²) >= 11 is 1.84. The molecule has 0 amide bonds. The van der Waals surface area contributed by atoms with Gasteiger partial charge in [-0.25, -0.2) is 0 Å². The van der Waals surface area contributed by atoms with Gasteiger partial charge in [0.1, 0.15) is 0 Å². The lowest BCUT2D eigenvalue weighted by atomic mass is 10.2. The van der Waals surface area contributed by atoms with Crippen LogP contribution in [0.15, 0.2) is 0 Å². The Labute approximate surface area is 67.4 Å². The zero-order chi connectivity index (χ0) is 7.82. The van der Waals surface area contributed by atoms with Gasteiger partial charge in [-0.2, -0.15) is 11.8 Å². The van der Waals surface area contributed by atoms with Crippen molar-refractivity contribution in [2.24, 2.45) is 5.92 Å². The van der Waals surface area contributed by atoms with Gasteiger partial charge in [-0.15, -0.1) is 0 Å². The number of hydrogen-bond acceptors (Lipinski definition) is 3. The van der Waals surface area contributed by atoms with E-state index in [1.54, 1.807) is 0 Å². The molecule has 0 saturated heterocycles. The van der Waals surface area contributed by atoms with Crippen LogP contribution in [0, 0.1) is 5.92 Å². The number of hydrogen-bond donors (Lipinski definition) is 2. The lowest BCUT2D eigenvalue weighted by Crippen LogP contribution is -2.25. The summed E-state index contributed by atoms with van der Waals surface area (Å²) in [5.41, 5.74) is 0. The molecule has 3 heteroatoms. The molecule has 1 unspecified atom stereocenters. The van der Waals surface area contributed by atoms with Crippen molar-refractivity contribution in [1.29, 1.82) is 0 Å². The van der Waals surface area contributed by atoms with Gasteiger partial charge in [0.05, 0.1) is 0 Å². The van der Waals surface area contributed by atoms with E-state index in [4.69, 9.17) is 5.11 Å². The van der Waals surface area contributed by atoms with Gasteiger partial charge in [0, 0.05) is 18.9 Å². The zero-order valence-electron chi connectivity index (χ0n) is 6.76. The van der Waals surface area contributed by atoms with Gasteiger partial charge in [-0.05, 0) is 18.7 Å². The summed E-state index contributed by atoms with van der Waals surface area (Å²) < 4.78 is 0. The molecule has 62 valence electrons. The van der Waals surface area contributed by atoms with Crippen molar-refractivity contribution in [2.45, 2.75) is 6.92 Å². The lowest BCUT2D eigenvalue weighted by Gasteiger charge is -2.07. The fraction of sp³-hybridized carbons (Fsp3) is 1.00. The van der Waals surface area contributed by atoms with E-state index in [1.807, 2.05) is 18.7 Å². The quantitative estimate of drug-likeness (QED) is 0.561. The Morgan fingerprint density at radius 2 is 2.30 bits per heavy atom. The zero-order valence-corrected chi connectivity index (χ0v) is 7.58. The Hall–Kier alpha value is 0.270. The van der Waals surface area contributed by atoms with Crippen molar-refractivity contribution in [1.82, 2.24) is 5.32 Å². The second-order valence-electron chi connectivity index (χ2n) is 2.48. The molecule has 0 radical (unpaired) electrons. The summed E-state index contributed by atoms with van der Waals surface area (Å²) in [5, 5.41) is 11.9. The van der Waals surface area contributed by atoms with E-state index in [-0.39, 0.29) is 6.61 Å². The summed E-state index contributed by atoms with van der Waals surface area (Å²) in [4.78, 5) is 0. The molecule has 0 aromatic rings. The maximum atomic E-state index is 8.65. The van der Waals surface area contributed by atoms with Crippen LogP contribution in [0.25, 0.3) is 0 Å². The molecule has 1 atom stereocenters. The highest BCUT2D eigenvalue weighted by molar-refractivity contribution is 7.98. The third-order valence-electron chi connectivity index (χ3n) is 1.29. The summed E-state index contributed by atoms with van der Waals surface area (Å²) in [6.45, 7) is 4.29. The Bertz CT molecular complexity index is 70.6. The second kappa shape index (κ2) is 7.38. The van der Waals surface area contributed by atoms with Crippen LogP contribution < -0.4 is 5.32 Å². The van der Waals surface area contributed by atoms with E-state index in [0.29, 0.717) is 5.92 Å². The molecule has 0 aliphatic heterocycles. The molecule has 0 fully saturated rings. The molecule has 0 aromatic heterocycles. The van der Waals surface area contributed by atoms with Crippen molar-refractivity contribution >= 4 is 11.8 Å². The average Bonchev–Trinajstić information content (AvgIpc) is 1.98. The first kappa shape index (κ1) is 10.3. The maximum absolute atomic E-state index is 8.65. The van der Waals surface area contributed by atoms with Gasteiger partial charge in [-0.3, -0.25) is 0 Å². The number of thioether (sulfide) groups is 1. The van der Waals surface area contributed by atoms with Crippen molar-refractivity contribution in [3.63, 3.8) is 0 Å². The highest BCUT2D eigenvalue weighted by Gasteiger charge is 1.96. The van der Waals surface area contributed by atoms with Crippen LogP contribution in [0.5, 0.6) is 0 Å². The lowest BCUT2D eigenvalue weighted by molar-refractivity contribution is 0.234. The molecule has 0 saturated carbocycles. The largest absolute Gasteiger partial charge is 0.396 e. The molecule has 0 heterocycles. The molecule has 0 rings (SSSR count). The van der Waals surface area contributed by atoms with E-state index in [2.05, 4.69) is 11.6 Å². The number of aliphatic hydroxyl groups is 1. The van der Waals surface area contributed by atoms with Crippen molar-refractivity contribution in [3.8, 4) is 0 Å². The predicted molar refractivity (Wildman–Crippen MR) is 47.5 cm³/mol. The van der Waals surface area contributed by atoms with E-state index >= 15 is 0 Å². The minimum atomic E-state index is 0.284. The van der Waals surface area contributed by atoms with Gasteiger partial charge in [0.25, 0.3) is 0 Å². The number of nitrogens with one attached hydrogen (secondary N) is 1. The summed E-state index contributed by atoms with van der Waals surface area (Å²) in [6, 6.07) is 0. The monoisotopic (exact) mass is 163 g/mol.